The van der Waals surface area contributed by atoms with Crippen LogP contribution in [0.2, 0.25) is 0 Å². The Morgan fingerprint density at radius 3 is 2.82 bits per heavy atom. The summed E-state index contributed by atoms with van der Waals surface area (Å²) in [5, 5.41) is 2.72. The van der Waals surface area contributed by atoms with Crippen LogP contribution < -0.4 is 5.32 Å². The summed E-state index contributed by atoms with van der Waals surface area (Å²) < 4.78 is 25.2. The highest BCUT2D eigenvalue weighted by Gasteiger charge is 2.34. The monoisotopic (exact) mass is 326 g/mol. The van der Waals surface area contributed by atoms with Crippen molar-refractivity contribution in [3.63, 3.8) is 0 Å². The molecule has 2 heterocycles. The molecular weight excluding hydrogens is 307 g/mol. The number of hydrogen-bond acceptors (Lipinski definition) is 4. The van der Waals surface area contributed by atoms with Crippen molar-refractivity contribution in [2.75, 3.05) is 37.4 Å². The molecule has 2 aliphatic rings. The molecule has 2 saturated heterocycles. The fraction of sp³-hybridized carbons (Fsp3) is 0.533. The average molecular weight is 326 g/mol. The zero-order valence-corrected chi connectivity index (χ0v) is 13.2. The molecule has 2 bridgehead atoms. The minimum Gasteiger partial charge on any atom is -0.376 e. The van der Waals surface area contributed by atoms with Crippen molar-refractivity contribution in [2.24, 2.45) is 0 Å². The third-order valence-electron chi connectivity index (χ3n) is 3.63. The SMILES string of the molecule is CCSc1cccc(F)c1NC(=O)N1CC2COCC(C1)O2. The highest BCUT2D eigenvalue weighted by atomic mass is 32.2. The summed E-state index contributed by atoms with van der Waals surface area (Å²) in [6, 6.07) is 4.54. The molecular formula is C15H19FN2O3S. The van der Waals surface area contributed by atoms with Crippen molar-refractivity contribution in [3.05, 3.63) is 24.0 Å². The number of urea groups is 1. The lowest BCUT2D eigenvalue weighted by atomic mass is 10.2. The second kappa shape index (κ2) is 6.85. The van der Waals surface area contributed by atoms with Crippen molar-refractivity contribution < 1.29 is 18.7 Å². The van der Waals surface area contributed by atoms with Gasteiger partial charge in [-0.2, -0.15) is 0 Å². The number of carbonyl (C=O) groups is 1. The number of nitrogens with one attached hydrogen (secondary N) is 1. The minimum absolute atomic E-state index is 0.0941. The molecule has 22 heavy (non-hydrogen) atoms. The lowest BCUT2D eigenvalue weighted by Gasteiger charge is -2.41. The van der Waals surface area contributed by atoms with Gasteiger partial charge in [0.1, 0.15) is 5.82 Å². The maximum Gasteiger partial charge on any atom is 0.322 e. The van der Waals surface area contributed by atoms with Crippen molar-refractivity contribution in [1.29, 1.82) is 0 Å². The molecule has 0 aliphatic carbocycles. The Morgan fingerprint density at radius 2 is 2.14 bits per heavy atom. The molecule has 2 fully saturated rings. The molecule has 0 saturated carbocycles. The van der Waals surface area contributed by atoms with E-state index in [0.717, 1.165) is 10.6 Å². The van der Waals surface area contributed by atoms with Gasteiger partial charge in [-0.05, 0) is 17.9 Å². The summed E-state index contributed by atoms with van der Waals surface area (Å²) >= 11 is 1.50. The molecule has 0 radical (unpaired) electrons. The first-order valence-electron chi connectivity index (χ1n) is 7.37. The first kappa shape index (κ1) is 15.6. The summed E-state index contributed by atoms with van der Waals surface area (Å²) in [7, 11) is 0. The van der Waals surface area contributed by atoms with Crippen molar-refractivity contribution in [3.8, 4) is 0 Å². The van der Waals surface area contributed by atoms with Crippen LogP contribution in [0.25, 0.3) is 0 Å². The minimum atomic E-state index is -0.413. The number of benzene rings is 1. The van der Waals surface area contributed by atoms with Crippen LogP contribution >= 0.6 is 11.8 Å². The van der Waals surface area contributed by atoms with Gasteiger partial charge < -0.3 is 19.7 Å². The quantitative estimate of drug-likeness (QED) is 0.868. The van der Waals surface area contributed by atoms with E-state index in [1.807, 2.05) is 13.0 Å². The highest BCUT2D eigenvalue weighted by Crippen LogP contribution is 2.30. The summed E-state index contributed by atoms with van der Waals surface area (Å²) in [5.41, 5.74) is 0.257. The Bertz CT molecular complexity index is 546. The number of nitrogens with zero attached hydrogens (tertiary/aromatic N) is 1. The van der Waals surface area contributed by atoms with Gasteiger partial charge in [0.2, 0.25) is 0 Å². The van der Waals surface area contributed by atoms with E-state index in [-0.39, 0.29) is 23.9 Å². The Kier molecular flexibility index (Phi) is 4.85. The molecule has 1 aromatic carbocycles. The van der Waals surface area contributed by atoms with E-state index in [2.05, 4.69) is 5.32 Å². The molecule has 1 N–H and O–H groups in total. The Balaban J connectivity index is 1.71. The predicted molar refractivity (Wildman–Crippen MR) is 82.9 cm³/mol. The number of thioether (sulfide) groups is 1. The van der Waals surface area contributed by atoms with Crippen molar-refractivity contribution in [2.45, 2.75) is 24.0 Å². The second-order valence-corrected chi connectivity index (χ2v) is 6.60. The van der Waals surface area contributed by atoms with E-state index in [4.69, 9.17) is 9.47 Å². The number of amides is 2. The number of rotatable bonds is 3. The molecule has 2 aliphatic heterocycles. The fourth-order valence-electron chi connectivity index (χ4n) is 2.69. The van der Waals surface area contributed by atoms with Crippen LogP contribution in [0.1, 0.15) is 6.92 Å². The van der Waals surface area contributed by atoms with Crippen LogP contribution in [0.15, 0.2) is 23.1 Å². The molecule has 7 heteroatoms. The van der Waals surface area contributed by atoms with Crippen LogP contribution in [0.5, 0.6) is 0 Å². The molecule has 2 atom stereocenters. The first-order chi connectivity index (χ1) is 10.7. The largest absolute Gasteiger partial charge is 0.376 e. The molecule has 5 nitrogen and oxygen atoms in total. The summed E-state index contributed by atoms with van der Waals surface area (Å²) in [5.74, 6) is 0.398. The van der Waals surface area contributed by atoms with E-state index in [1.165, 1.54) is 17.8 Å². The topological polar surface area (TPSA) is 50.8 Å². The van der Waals surface area contributed by atoms with E-state index < -0.39 is 5.82 Å². The van der Waals surface area contributed by atoms with E-state index in [0.29, 0.717) is 26.3 Å². The van der Waals surface area contributed by atoms with Gasteiger partial charge in [-0.25, -0.2) is 9.18 Å². The van der Waals surface area contributed by atoms with Crippen LogP contribution in [0.3, 0.4) is 0 Å². The van der Waals surface area contributed by atoms with Gasteiger partial charge in [0.25, 0.3) is 0 Å². The van der Waals surface area contributed by atoms with Gasteiger partial charge in [0.15, 0.2) is 0 Å². The van der Waals surface area contributed by atoms with Gasteiger partial charge >= 0.3 is 6.03 Å². The zero-order chi connectivity index (χ0) is 15.5. The number of para-hydroxylation sites is 1. The molecule has 120 valence electrons. The number of morpholine rings is 1. The van der Waals surface area contributed by atoms with Gasteiger partial charge in [0, 0.05) is 4.90 Å². The van der Waals surface area contributed by atoms with Crippen molar-refractivity contribution >= 4 is 23.5 Å². The lowest BCUT2D eigenvalue weighted by Crippen LogP contribution is -2.56. The zero-order valence-electron chi connectivity index (χ0n) is 12.4. The number of halogens is 1. The number of carbonyl (C=O) groups excluding carboxylic acids is 1. The standard InChI is InChI=1S/C15H19FN2O3S/c1-2-22-13-5-3-4-12(16)14(13)17-15(19)18-6-10-8-20-9-11(7-18)21-10/h3-5,10-11H,2,6-9H2,1H3,(H,17,19). The first-order valence-corrected chi connectivity index (χ1v) is 8.36. The Hall–Kier alpha value is -1.31. The van der Waals surface area contributed by atoms with E-state index in [9.17, 15) is 9.18 Å². The summed E-state index contributed by atoms with van der Waals surface area (Å²) in [6.07, 6.45) is -0.188. The summed E-state index contributed by atoms with van der Waals surface area (Å²) in [6.45, 7) is 3.91. The Morgan fingerprint density at radius 1 is 1.41 bits per heavy atom. The molecule has 2 amide bonds. The average Bonchev–Trinajstić information content (AvgIpc) is 2.50. The van der Waals surface area contributed by atoms with Crippen LogP contribution in [-0.4, -0.2) is 55.2 Å². The highest BCUT2D eigenvalue weighted by molar-refractivity contribution is 7.99. The molecule has 0 spiro atoms. The van der Waals surface area contributed by atoms with E-state index >= 15 is 0 Å². The number of anilines is 1. The summed E-state index contributed by atoms with van der Waals surface area (Å²) in [4.78, 5) is 14.9. The van der Waals surface area contributed by atoms with Gasteiger partial charge in [0.05, 0.1) is 44.2 Å². The van der Waals surface area contributed by atoms with Crippen LogP contribution in [0.4, 0.5) is 14.9 Å². The molecule has 0 aromatic heterocycles. The van der Waals surface area contributed by atoms with Crippen molar-refractivity contribution in [1.82, 2.24) is 4.90 Å². The predicted octanol–water partition coefficient (Wildman–Crippen LogP) is 2.57. The number of fused-ring (bicyclic) bond motifs is 2. The maximum atomic E-state index is 14.0. The number of ether oxygens (including phenoxy) is 2. The third kappa shape index (κ3) is 3.37. The second-order valence-electron chi connectivity index (χ2n) is 5.30. The number of hydrogen-bond donors (Lipinski definition) is 1. The van der Waals surface area contributed by atoms with Gasteiger partial charge in [-0.3, -0.25) is 0 Å². The fourth-order valence-corrected chi connectivity index (χ4v) is 3.47. The van der Waals surface area contributed by atoms with Gasteiger partial charge in [-0.1, -0.05) is 13.0 Å². The van der Waals surface area contributed by atoms with E-state index in [1.54, 1.807) is 11.0 Å². The maximum absolute atomic E-state index is 14.0. The molecule has 2 unspecified atom stereocenters. The molecule has 1 aromatic rings. The van der Waals surface area contributed by atoms with Crippen LogP contribution in [-0.2, 0) is 9.47 Å². The third-order valence-corrected chi connectivity index (χ3v) is 4.57. The smallest absolute Gasteiger partial charge is 0.322 e. The van der Waals surface area contributed by atoms with Gasteiger partial charge in [-0.15, -0.1) is 11.8 Å². The molecule has 3 rings (SSSR count). The normalized spacial score (nSPS) is 24.2. The van der Waals surface area contributed by atoms with Crippen LogP contribution in [0, 0.1) is 5.82 Å². The lowest BCUT2D eigenvalue weighted by molar-refractivity contribution is -0.170. The Labute approximate surface area is 133 Å².